The Bertz CT molecular complexity index is 822. The van der Waals surface area contributed by atoms with E-state index in [0.29, 0.717) is 24.3 Å². The second-order valence-electron chi connectivity index (χ2n) is 10.2. The van der Waals surface area contributed by atoms with Gasteiger partial charge in [0.25, 0.3) is 5.91 Å². The fourth-order valence-corrected chi connectivity index (χ4v) is 3.64. The highest BCUT2D eigenvalue weighted by Gasteiger charge is 2.35. The number of nitrogens with zero attached hydrogens (tertiary/aromatic N) is 2. The number of hydroxylamine groups is 2. The Morgan fingerprint density at radius 1 is 1.13 bits per heavy atom. The molecule has 0 aromatic heterocycles. The van der Waals surface area contributed by atoms with E-state index < -0.39 is 6.03 Å². The molecule has 3 amide bonds. The number of rotatable bonds is 3. The zero-order valence-electron chi connectivity index (χ0n) is 19.8. The molecule has 166 valence electrons. The zero-order chi connectivity index (χ0) is 23.0. The average Bonchev–Trinajstić information content (AvgIpc) is 2.95. The fourth-order valence-electron chi connectivity index (χ4n) is 3.64. The summed E-state index contributed by atoms with van der Waals surface area (Å²) in [7, 11) is 1.42. The molecule has 30 heavy (non-hydrogen) atoms. The second-order valence-corrected chi connectivity index (χ2v) is 10.2. The van der Waals surface area contributed by atoms with Crippen molar-refractivity contribution in [2.24, 2.45) is 0 Å². The Balaban J connectivity index is 2.46. The molecule has 6 heteroatoms. The van der Waals surface area contributed by atoms with Crippen LogP contribution in [0.1, 0.15) is 78.5 Å². The van der Waals surface area contributed by atoms with E-state index in [2.05, 4.69) is 41.5 Å². The summed E-state index contributed by atoms with van der Waals surface area (Å²) < 4.78 is 0. The molecule has 1 aliphatic rings. The van der Waals surface area contributed by atoms with Gasteiger partial charge in [-0.3, -0.25) is 14.5 Å². The van der Waals surface area contributed by atoms with Crippen molar-refractivity contribution in [2.75, 3.05) is 13.7 Å². The van der Waals surface area contributed by atoms with Gasteiger partial charge in [0.15, 0.2) is 0 Å². The molecule has 0 aliphatic carbocycles. The summed E-state index contributed by atoms with van der Waals surface area (Å²) in [5.41, 5.74) is 2.60. The van der Waals surface area contributed by atoms with Gasteiger partial charge >= 0.3 is 6.03 Å². The van der Waals surface area contributed by atoms with Crippen LogP contribution < -0.4 is 0 Å². The number of likely N-dealkylation sites (tertiary alicyclic amines) is 1. The molecular formula is C24H36N2O4. The van der Waals surface area contributed by atoms with Crippen LogP contribution >= 0.6 is 0 Å². The van der Waals surface area contributed by atoms with Crippen LogP contribution in [0.5, 0.6) is 5.75 Å². The van der Waals surface area contributed by atoms with Crippen molar-refractivity contribution >= 4 is 18.0 Å². The van der Waals surface area contributed by atoms with Crippen LogP contribution in [0.3, 0.4) is 0 Å². The predicted molar refractivity (Wildman–Crippen MR) is 119 cm³/mol. The first kappa shape index (κ1) is 23.9. The molecule has 0 bridgehead atoms. The molecule has 0 spiro atoms. The van der Waals surface area contributed by atoms with Crippen LogP contribution in [0.15, 0.2) is 17.7 Å². The molecule has 0 atom stereocenters. The van der Waals surface area contributed by atoms with Gasteiger partial charge in [-0.2, -0.15) is 0 Å². The van der Waals surface area contributed by atoms with E-state index in [1.54, 1.807) is 0 Å². The molecule has 1 heterocycles. The normalized spacial score (nSPS) is 16.7. The summed E-state index contributed by atoms with van der Waals surface area (Å²) in [6.07, 6.45) is 2.32. The van der Waals surface area contributed by atoms with Crippen molar-refractivity contribution in [3.8, 4) is 5.75 Å². The topological polar surface area (TPSA) is 70.1 Å². The van der Waals surface area contributed by atoms with Crippen LogP contribution in [-0.2, 0) is 20.5 Å². The number of hydrogen-bond donors (Lipinski definition) is 1. The number of amides is 3. The van der Waals surface area contributed by atoms with Crippen LogP contribution in [0, 0.1) is 0 Å². The third kappa shape index (κ3) is 4.86. The first-order valence-electron chi connectivity index (χ1n) is 10.5. The number of urea groups is 1. The van der Waals surface area contributed by atoms with Gasteiger partial charge in [0.2, 0.25) is 0 Å². The van der Waals surface area contributed by atoms with Gasteiger partial charge in [-0.05, 0) is 54.9 Å². The molecule has 1 aliphatic heterocycles. The van der Waals surface area contributed by atoms with Crippen LogP contribution in [0.4, 0.5) is 4.79 Å². The second kappa shape index (κ2) is 8.42. The zero-order valence-corrected chi connectivity index (χ0v) is 19.8. The third-order valence-electron chi connectivity index (χ3n) is 5.30. The third-order valence-corrected chi connectivity index (χ3v) is 5.30. The molecular weight excluding hydrogens is 380 g/mol. The van der Waals surface area contributed by atoms with Crippen LogP contribution in [0.25, 0.3) is 6.08 Å². The average molecular weight is 417 g/mol. The van der Waals surface area contributed by atoms with E-state index in [1.807, 2.05) is 32.1 Å². The summed E-state index contributed by atoms with van der Waals surface area (Å²) >= 11 is 0. The van der Waals surface area contributed by atoms with Crippen molar-refractivity contribution in [1.29, 1.82) is 0 Å². The lowest BCUT2D eigenvalue weighted by atomic mass is 9.78. The molecule has 1 saturated heterocycles. The maximum absolute atomic E-state index is 12.9. The monoisotopic (exact) mass is 416 g/mol. The molecule has 0 saturated carbocycles. The van der Waals surface area contributed by atoms with E-state index in [9.17, 15) is 14.7 Å². The standard InChI is InChI=1S/C24H36N2O4/c1-15(2)26(30-9)22(29)25-11-10-17(21(25)28)12-16-13-18(23(3,4)5)20(27)19(14-16)24(6,7)8/h12-15,27H,10-11H2,1-9H3. The number of carbonyl (C=O) groups excluding carboxylic acids is 2. The molecule has 0 radical (unpaired) electrons. The van der Waals surface area contributed by atoms with Gasteiger partial charge in [0, 0.05) is 23.2 Å². The van der Waals surface area contributed by atoms with E-state index in [1.165, 1.54) is 17.1 Å². The lowest BCUT2D eigenvalue weighted by Crippen LogP contribution is -2.46. The molecule has 2 rings (SSSR count). The van der Waals surface area contributed by atoms with Crippen LogP contribution in [0.2, 0.25) is 0 Å². The van der Waals surface area contributed by atoms with Gasteiger partial charge in [-0.1, -0.05) is 41.5 Å². The van der Waals surface area contributed by atoms with Gasteiger partial charge < -0.3 is 5.11 Å². The Kier molecular flexibility index (Phi) is 6.72. The molecule has 1 N–H and O–H groups in total. The summed E-state index contributed by atoms with van der Waals surface area (Å²) in [6, 6.07) is 3.25. The number of aromatic hydroxyl groups is 1. The molecule has 1 fully saturated rings. The van der Waals surface area contributed by atoms with E-state index in [0.717, 1.165) is 16.7 Å². The number of benzene rings is 1. The summed E-state index contributed by atoms with van der Waals surface area (Å²) in [6.45, 7) is 16.3. The number of carbonyl (C=O) groups is 2. The summed E-state index contributed by atoms with van der Waals surface area (Å²) in [4.78, 5) is 32.0. The largest absolute Gasteiger partial charge is 0.507 e. The minimum absolute atomic E-state index is 0.177. The van der Waals surface area contributed by atoms with Gasteiger partial charge in [-0.15, -0.1) is 0 Å². The number of imide groups is 1. The molecule has 0 unspecified atom stereocenters. The number of phenolic OH excluding ortho intramolecular Hbond substituents is 1. The highest BCUT2D eigenvalue weighted by Crippen LogP contribution is 2.40. The van der Waals surface area contributed by atoms with Crippen molar-refractivity contribution in [1.82, 2.24) is 9.96 Å². The van der Waals surface area contributed by atoms with E-state index >= 15 is 0 Å². The van der Waals surface area contributed by atoms with E-state index in [4.69, 9.17) is 4.84 Å². The Hall–Kier alpha value is -2.34. The predicted octanol–water partition coefficient (Wildman–Crippen LogP) is 4.99. The highest BCUT2D eigenvalue weighted by atomic mass is 16.7. The lowest BCUT2D eigenvalue weighted by Gasteiger charge is -2.28. The molecule has 1 aromatic rings. The number of phenols is 1. The summed E-state index contributed by atoms with van der Waals surface area (Å²) in [5.74, 6) is 0.00441. The molecule has 1 aromatic carbocycles. The van der Waals surface area contributed by atoms with Gasteiger partial charge in [0.05, 0.1) is 13.2 Å². The Labute approximate surface area is 180 Å². The number of hydrogen-bond acceptors (Lipinski definition) is 4. The van der Waals surface area contributed by atoms with E-state index in [-0.39, 0.29) is 22.8 Å². The Morgan fingerprint density at radius 2 is 1.63 bits per heavy atom. The maximum atomic E-state index is 12.9. The Morgan fingerprint density at radius 3 is 2.03 bits per heavy atom. The first-order valence-corrected chi connectivity index (χ1v) is 10.5. The van der Waals surface area contributed by atoms with Crippen molar-refractivity contribution in [3.63, 3.8) is 0 Å². The quantitative estimate of drug-likeness (QED) is 0.556. The minimum Gasteiger partial charge on any atom is -0.507 e. The van der Waals surface area contributed by atoms with Gasteiger partial charge in [-0.25, -0.2) is 9.86 Å². The SMILES string of the molecule is CON(C(=O)N1CCC(=Cc2cc(C(C)(C)C)c(O)c(C(C)(C)C)c2)C1=O)C(C)C. The first-order chi connectivity index (χ1) is 13.7. The smallest absolute Gasteiger partial charge is 0.351 e. The van der Waals surface area contributed by atoms with Crippen LogP contribution in [-0.4, -0.2) is 46.7 Å². The highest BCUT2D eigenvalue weighted by molar-refractivity contribution is 6.08. The van der Waals surface area contributed by atoms with Crippen molar-refractivity contribution in [3.05, 3.63) is 34.4 Å². The molecule has 6 nitrogen and oxygen atoms in total. The fraction of sp³-hybridized carbons (Fsp3) is 0.583. The van der Waals surface area contributed by atoms with Gasteiger partial charge in [0.1, 0.15) is 5.75 Å². The van der Waals surface area contributed by atoms with Crippen molar-refractivity contribution in [2.45, 2.75) is 78.7 Å². The lowest BCUT2D eigenvalue weighted by molar-refractivity contribution is -0.134. The summed E-state index contributed by atoms with van der Waals surface area (Å²) in [5, 5.41) is 12.1. The maximum Gasteiger partial charge on any atom is 0.351 e. The minimum atomic E-state index is -0.447. The van der Waals surface area contributed by atoms with Crippen molar-refractivity contribution < 1.29 is 19.5 Å².